The minimum atomic E-state index is 0.0979. The van der Waals surface area contributed by atoms with Gasteiger partial charge in [-0.05, 0) is 60.9 Å². The molecule has 1 saturated heterocycles. The van der Waals surface area contributed by atoms with Gasteiger partial charge in [0.2, 0.25) is 0 Å². The monoisotopic (exact) mass is 448 g/mol. The maximum Gasteiger partial charge on any atom is 0.253 e. The fourth-order valence-corrected chi connectivity index (χ4v) is 3.98. The third kappa shape index (κ3) is 5.70. The Labute approximate surface area is 195 Å². The van der Waals surface area contributed by atoms with Crippen LogP contribution in [0.3, 0.4) is 0 Å². The predicted octanol–water partition coefficient (Wildman–Crippen LogP) is 5.49. The van der Waals surface area contributed by atoms with Crippen LogP contribution in [0, 0.1) is 13.8 Å². The van der Waals surface area contributed by atoms with Gasteiger partial charge in [-0.3, -0.25) is 9.69 Å². The van der Waals surface area contributed by atoms with Gasteiger partial charge in [0.05, 0.1) is 0 Å². The number of piperazine rings is 1. The minimum Gasteiger partial charge on any atom is -0.489 e. The van der Waals surface area contributed by atoms with Crippen molar-refractivity contribution in [2.75, 3.05) is 26.2 Å². The lowest BCUT2D eigenvalue weighted by atomic mass is 10.1. The Morgan fingerprint density at radius 1 is 0.875 bits per heavy atom. The summed E-state index contributed by atoms with van der Waals surface area (Å²) >= 11 is 6.06. The molecule has 3 aromatic rings. The number of benzene rings is 3. The summed E-state index contributed by atoms with van der Waals surface area (Å²) < 4.78 is 5.85. The van der Waals surface area contributed by atoms with Gasteiger partial charge >= 0.3 is 0 Å². The zero-order valence-corrected chi connectivity index (χ0v) is 19.4. The van der Waals surface area contributed by atoms with Crippen molar-refractivity contribution in [1.82, 2.24) is 9.80 Å². The molecule has 1 aliphatic rings. The normalized spacial score (nSPS) is 14.4. The summed E-state index contributed by atoms with van der Waals surface area (Å²) in [4.78, 5) is 17.3. The molecule has 0 aromatic heterocycles. The van der Waals surface area contributed by atoms with Crippen LogP contribution in [0.15, 0.2) is 66.7 Å². The lowest BCUT2D eigenvalue weighted by Crippen LogP contribution is -2.48. The highest BCUT2D eigenvalue weighted by atomic mass is 35.5. The second-order valence-corrected chi connectivity index (χ2v) is 8.86. The van der Waals surface area contributed by atoms with E-state index in [1.165, 1.54) is 11.1 Å². The summed E-state index contributed by atoms with van der Waals surface area (Å²) in [5, 5.41) is 0.733. The number of nitrogens with zero attached hydrogens (tertiary/aromatic N) is 2. The molecule has 1 fully saturated rings. The Kier molecular flexibility index (Phi) is 7.13. The van der Waals surface area contributed by atoms with Crippen LogP contribution in [0.25, 0.3) is 0 Å². The molecule has 0 spiro atoms. The summed E-state index contributed by atoms with van der Waals surface area (Å²) in [6, 6.07) is 22.0. The molecule has 166 valence electrons. The molecule has 4 nitrogen and oxygen atoms in total. The van der Waals surface area contributed by atoms with E-state index >= 15 is 0 Å². The number of ether oxygens (including phenoxy) is 1. The fourth-order valence-electron chi connectivity index (χ4n) is 3.86. The molecule has 0 radical (unpaired) electrons. The first kappa shape index (κ1) is 22.4. The van der Waals surface area contributed by atoms with Crippen molar-refractivity contribution in [3.8, 4) is 5.75 Å². The summed E-state index contributed by atoms with van der Waals surface area (Å²) in [6.45, 7) is 8.75. The highest BCUT2D eigenvalue weighted by Gasteiger charge is 2.22. The second-order valence-electron chi connectivity index (χ2n) is 8.45. The Bertz CT molecular complexity index is 1060. The Hall–Kier alpha value is -2.82. The molecule has 5 heteroatoms. The van der Waals surface area contributed by atoms with Crippen molar-refractivity contribution < 1.29 is 9.53 Å². The quantitative estimate of drug-likeness (QED) is 0.499. The smallest absolute Gasteiger partial charge is 0.253 e. The van der Waals surface area contributed by atoms with Crippen molar-refractivity contribution in [2.24, 2.45) is 0 Å². The highest BCUT2D eigenvalue weighted by molar-refractivity contribution is 6.31. The van der Waals surface area contributed by atoms with Gasteiger partial charge < -0.3 is 9.64 Å². The summed E-state index contributed by atoms with van der Waals surface area (Å²) in [6.07, 6.45) is 0. The summed E-state index contributed by atoms with van der Waals surface area (Å²) in [5.41, 5.74) is 5.34. The maximum absolute atomic E-state index is 12.9. The van der Waals surface area contributed by atoms with Gasteiger partial charge in [-0.15, -0.1) is 0 Å². The Morgan fingerprint density at radius 2 is 1.53 bits per heavy atom. The van der Waals surface area contributed by atoms with Gasteiger partial charge in [0.15, 0.2) is 0 Å². The topological polar surface area (TPSA) is 32.8 Å². The van der Waals surface area contributed by atoms with E-state index in [-0.39, 0.29) is 5.91 Å². The average molecular weight is 449 g/mol. The first-order valence-electron chi connectivity index (χ1n) is 11.0. The molecule has 32 heavy (non-hydrogen) atoms. The number of hydrogen-bond acceptors (Lipinski definition) is 3. The first-order valence-corrected chi connectivity index (χ1v) is 11.4. The van der Waals surface area contributed by atoms with Gasteiger partial charge in [0.25, 0.3) is 5.91 Å². The summed E-state index contributed by atoms with van der Waals surface area (Å²) in [5.74, 6) is 0.886. The first-order chi connectivity index (χ1) is 15.5. The van der Waals surface area contributed by atoms with Gasteiger partial charge in [-0.2, -0.15) is 0 Å². The van der Waals surface area contributed by atoms with Gasteiger partial charge in [-0.1, -0.05) is 53.6 Å². The van der Waals surface area contributed by atoms with Crippen molar-refractivity contribution in [1.29, 1.82) is 0 Å². The molecule has 0 aliphatic carbocycles. The molecule has 0 N–H and O–H groups in total. The maximum atomic E-state index is 12.9. The van der Waals surface area contributed by atoms with Crippen LogP contribution in [0.5, 0.6) is 5.75 Å². The third-order valence-corrected chi connectivity index (χ3v) is 6.35. The predicted molar refractivity (Wildman–Crippen MR) is 129 cm³/mol. The molecule has 0 bridgehead atoms. The van der Waals surface area contributed by atoms with E-state index in [4.69, 9.17) is 16.3 Å². The van der Waals surface area contributed by atoms with E-state index < -0.39 is 0 Å². The molecule has 3 aromatic carbocycles. The molecule has 0 saturated carbocycles. The molecular weight excluding hydrogens is 420 g/mol. The number of amides is 1. The van der Waals surface area contributed by atoms with Crippen LogP contribution >= 0.6 is 11.6 Å². The van der Waals surface area contributed by atoms with Crippen molar-refractivity contribution in [2.45, 2.75) is 27.0 Å². The van der Waals surface area contributed by atoms with E-state index in [1.807, 2.05) is 54.3 Å². The van der Waals surface area contributed by atoms with Gasteiger partial charge in [-0.25, -0.2) is 0 Å². The largest absolute Gasteiger partial charge is 0.489 e. The van der Waals surface area contributed by atoms with Crippen LogP contribution < -0.4 is 4.74 Å². The number of carbonyl (C=O) groups excluding carboxylic acids is 1. The van der Waals surface area contributed by atoms with E-state index in [9.17, 15) is 4.79 Å². The zero-order chi connectivity index (χ0) is 22.5. The van der Waals surface area contributed by atoms with Crippen LogP contribution in [0.2, 0.25) is 5.02 Å². The van der Waals surface area contributed by atoms with E-state index in [2.05, 4.69) is 36.1 Å². The lowest BCUT2D eigenvalue weighted by molar-refractivity contribution is 0.0628. The number of rotatable bonds is 6. The van der Waals surface area contributed by atoms with Crippen LogP contribution in [-0.2, 0) is 13.2 Å². The van der Waals surface area contributed by atoms with Crippen LogP contribution in [-0.4, -0.2) is 41.9 Å². The molecule has 1 heterocycles. The molecule has 1 aliphatic heterocycles. The van der Waals surface area contributed by atoms with Crippen LogP contribution in [0.4, 0.5) is 0 Å². The third-order valence-electron chi connectivity index (χ3n) is 5.92. The molecule has 4 rings (SSSR count). The Balaban J connectivity index is 1.27. The van der Waals surface area contributed by atoms with Crippen LogP contribution in [0.1, 0.15) is 32.6 Å². The van der Waals surface area contributed by atoms with Gasteiger partial charge in [0, 0.05) is 43.3 Å². The average Bonchev–Trinajstić information content (AvgIpc) is 2.82. The minimum absolute atomic E-state index is 0.0979. The summed E-state index contributed by atoms with van der Waals surface area (Å²) in [7, 11) is 0. The standard InChI is InChI=1S/C27H29ClN2O2/c1-20-3-5-22(6-4-20)18-29-13-15-30(16-14-29)27(31)24-9-7-23(8-10-24)19-32-25-11-12-26(28)21(2)17-25/h3-12,17H,13-16,18-19H2,1-2H3. The van der Waals surface area contributed by atoms with Crippen molar-refractivity contribution >= 4 is 17.5 Å². The number of halogens is 1. The van der Waals surface area contributed by atoms with E-state index in [0.717, 1.165) is 60.2 Å². The lowest BCUT2D eigenvalue weighted by Gasteiger charge is -2.34. The molecule has 0 unspecified atom stereocenters. The van der Waals surface area contributed by atoms with Gasteiger partial charge in [0.1, 0.15) is 12.4 Å². The number of aryl methyl sites for hydroxylation is 2. The molecular formula is C27H29ClN2O2. The number of hydrogen-bond donors (Lipinski definition) is 0. The zero-order valence-electron chi connectivity index (χ0n) is 18.7. The number of carbonyl (C=O) groups is 1. The SMILES string of the molecule is Cc1ccc(CN2CCN(C(=O)c3ccc(COc4ccc(Cl)c(C)c4)cc3)CC2)cc1. The van der Waals surface area contributed by atoms with Crippen molar-refractivity contribution in [3.05, 3.63) is 99.6 Å². The second kappa shape index (κ2) is 10.2. The van der Waals surface area contributed by atoms with E-state index in [1.54, 1.807) is 0 Å². The van der Waals surface area contributed by atoms with E-state index in [0.29, 0.717) is 6.61 Å². The fraction of sp³-hybridized carbons (Fsp3) is 0.296. The van der Waals surface area contributed by atoms with Crippen molar-refractivity contribution in [3.63, 3.8) is 0 Å². The highest BCUT2D eigenvalue weighted by Crippen LogP contribution is 2.22. The molecule has 0 atom stereocenters. The Morgan fingerprint density at radius 3 is 2.19 bits per heavy atom. The molecule has 1 amide bonds.